The molecule has 0 spiro atoms. The van der Waals surface area contributed by atoms with Gasteiger partial charge in [-0.1, -0.05) is 42.5 Å². The molecular formula is C22H18O7. The molecule has 0 radical (unpaired) electrons. The van der Waals surface area contributed by atoms with E-state index in [9.17, 15) is 25.2 Å². The Hall–Kier alpha value is -2.97. The first-order valence-corrected chi connectivity index (χ1v) is 9.21. The fourth-order valence-corrected chi connectivity index (χ4v) is 4.09. The number of aliphatic hydroxyl groups excluding tert-OH is 3. The van der Waals surface area contributed by atoms with Crippen molar-refractivity contribution in [2.24, 2.45) is 0 Å². The van der Waals surface area contributed by atoms with Gasteiger partial charge in [0.15, 0.2) is 6.10 Å². The number of aliphatic carboxylic acids is 1. The molecule has 0 aliphatic carbocycles. The van der Waals surface area contributed by atoms with Crippen molar-refractivity contribution in [3.05, 3.63) is 54.6 Å². The molecule has 5 rings (SSSR count). The molecule has 29 heavy (non-hydrogen) atoms. The van der Waals surface area contributed by atoms with Crippen molar-refractivity contribution in [3.63, 3.8) is 0 Å². The van der Waals surface area contributed by atoms with Crippen LogP contribution in [0.15, 0.2) is 54.6 Å². The second-order valence-electron chi connectivity index (χ2n) is 7.27. The molecule has 1 aliphatic rings. The third-order valence-corrected chi connectivity index (χ3v) is 5.54. The van der Waals surface area contributed by atoms with Gasteiger partial charge in [-0.05, 0) is 33.7 Å². The normalized spacial score (nSPS) is 27.6. The molecule has 1 fully saturated rings. The number of rotatable bonds is 3. The average Bonchev–Trinajstić information content (AvgIpc) is 2.73. The van der Waals surface area contributed by atoms with Crippen molar-refractivity contribution in [3.8, 4) is 5.75 Å². The van der Waals surface area contributed by atoms with E-state index in [4.69, 9.17) is 9.47 Å². The summed E-state index contributed by atoms with van der Waals surface area (Å²) in [6, 6.07) is 17.6. The summed E-state index contributed by atoms with van der Waals surface area (Å²) in [6.45, 7) is 0. The zero-order chi connectivity index (χ0) is 20.3. The van der Waals surface area contributed by atoms with Gasteiger partial charge >= 0.3 is 5.97 Å². The van der Waals surface area contributed by atoms with Crippen LogP contribution in [0.5, 0.6) is 5.75 Å². The van der Waals surface area contributed by atoms with Crippen LogP contribution in [0, 0.1) is 0 Å². The van der Waals surface area contributed by atoms with E-state index in [-0.39, 0.29) is 0 Å². The Morgan fingerprint density at radius 1 is 0.793 bits per heavy atom. The van der Waals surface area contributed by atoms with Crippen LogP contribution in [-0.4, -0.2) is 57.1 Å². The van der Waals surface area contributed by atoms with Crippen LogP contribution in [0.2, 0.25) is 0 Å². The lowest BCUT2D eigenvalue weighted by atomic mass is 9.94. The first kappa shape index (κ1) is 18.1. The van der Waals surface area contributed by atoms with Crippen molar-refractivity contribution in [1.82, 2.24) is 0 Å². The predicted octanol–water partition coefficient (Wildman–Crippen LogP) is 1.85. The minimum Gasteiger partial charge on any atom is -0.479 e. The molecule has 1 heterocycles. The third-order valence-electron chi connectivity index (χ3n) is 5.54. The second kappa shape index (κ2) is 6.53. The fourth-order valence-electron chi connectivity index (χ4n) is 4.09. The molecule has 0 amide bonds. The van der Waals surface area contributed by atoms with E-state index >= 15 is 0 Å². The maximum absolute atomic E-state index is 11.3. The molecule has 7 nitrogen and oxygen atoms in total. The Morgan fingerprint density at radius 2 is 1.41 bits per heavy atom. The summed E-state index contributed by atoms with van der Waals surface area (Å²) in [6.07, 6.45) is -8.25. The SMILES string of the molecule is O=C(O)[C@@H]1O[C@@H](Oc2ccc3ccc4cccc5ccc2c3c45)[C@@H](O)[C@H](O)[C@@H]1O. The van der Waals surface area contributed by atoms with Crippen molar-refractivity contribution in [1.29, 1.82) is 0 Å². The maximum Gasteiger partial charge on any atom is 0.335 e. The predicted molar refractivity (Wildman–Crippen MR) is 105 cm³/mol. The van der Waals surface area contributed by atoms with Crippen molar-refractivity contribution in [2.75, 3.05) is 0 Å². The summed E-state index contributed by atoms with van der Waals surface area (Å²) >= 11 is 0. The lowest BCUT2D eigenvalue weighted by Crippen LogP contribution is -2.61. The van der Waals surface area contributed by atoms with Crippen LogP contribution in [-0.2, 0) is 9.53 Å². The van der Waals surface area contributed by atoms with Crippen molar-refractivity contribution in [2.45, 2.75) is 30.7 Å². The van der Waals surface area contributed by atoms with Crippen molar-refractivity contribution >= 4 is 38.3 Å². The Morgan fingerprint density at radius 3 is 2.10 bits per heavy atom. The minimum absolute atomic E-state index is 0.382. The molecule has 0 aromatic heterocycles. The van der Waals surface area contributed by atoms with E-state index in [1.807, 2.05) is 48.5 Å². The van der Waals surface area contributed by atoms with Gasteiger partial charge in [0.2, 0.25) is 6.29 Å². The zero-order valence-electron chi connectivity index (χ0n) is 15.1. The van der Waals surface area contributed by atoms with E-state index in [0.29, 0.717) is 5.75 Å². The van der Waals surface area contributed by atoms with Gasteiger partial charge in [-0.2, -0.15) is 0 Å². The van der Waals surface area contributed by atoms with E-state index < -0.39 is 36.7 Å². The highest BCUT2D eigenvalue weighted by atomic mass is 16.7. The topological polar surface area (TPSA) is 116 Å². The van der Waals surface area contributed by atoms with Gasteiger partial charge in [-0.3, -0.25) is 0 Å². The number of carboxylic acids is 1. The molecule has 1 aliphatic heterocycles. The van der Waals surface area contributed by atoms with Gasteiger partial charge in [0.05, 0.1) is 0 Å². The van der Waals surface area contributed by atoms with E-state index in [0.717, 1.165) is 32.3 Å². The highest BCUT2D eigenvalue weighted by Gasteiger charge is 2.48. The van der Waals surface area contributed by atoms with Crippen molar-refractivity contribution < 1.29 is 34.7 Å². The molecule has 0 unspecified atom stereocenters. The first-order valence-electron chi connectivity index (χ1n) is 9.21. The molecular weight excluding hydrogens is 376 g/mol. The molecule has 4 aromatic carbocycles. The number of carbonyl (C=O) groups is 1. The smallest absolute Gasteiger partial charge is 0.335 e. The molecule has 5 atom stereocenters. The van der Waals surface area contributed by atoms with Gasteiger partial charge in [0.1, 0.15) is 24.1 Å². The Bertz CT molecular complexity index is 1200. The van der Waals surface area contributed by atoms with Gasteiger partial charge < -0.3 is 29.9 Å². The van der Waals surface area contributed by atoms with Crippen LogP contribution < -0.4 is 4.74 Å². The summed E-state index contributed by atoms with van der Waals surface area (Å²) in [5.74, 6) is -1.07. The number of ether oxygens (including phenoxy) is 2. The lowest BCUT2D eigenvalue weighted by Gasteiger charge is -2.38. The summed E-state index contributed by atoms with van der Waals surface area (Å²) in [5.41, 5.74) is 0. The number of hydrogen-bond acceptors (Lipinski definition) is 6. The molecule has 0 saturated carbocycles. The van der Waals surface area contributed by atoms with Gasteiger partial charge in [0.25, 0.3) is 0 Å². The van der Waals surface area contributed by atoms with Gasteiger partial charge in [-0.25, -0.2) is 4.79 Å². The Labute approximate surface area is 164 Å². The highest BCUT2D eigenvalue weighted by molar-refractivity contribution is 6.24. The molecule has 7 heteroatoms. The molecule has 4 aromatic rings. The summed E-state index contributed by atoms with van der Waals surface area (Å²) in [7, 11) is 0. The largest absolute Gasteiger partial charge is 0.479 e. The summed E-state index contributed by atoms with van der Waals surface area (Å²) < 4.78 is 11.1. The number of hydrogen-bond donors (Lipinski definition) is 4. The van der Waals surface area contributed by atoms with E-state index in [2.05, 4.69) is 0 Å². The first-order chi connectivity index (χ1) is 14.0. The monoisotopic (exact) mass is 394 g/mol. The number of aliphatic hydroxyl groups is 3. The van der Waals surface area contributed by atoms with Gasteiger partial charge in [-0.15, -0.1) is 0 Å². The molecule has 4 N–H and O–H groups in total. The van der Waals surface area contributed by atoms with Crippen LogP contribution in [0.4, 0.5) is 0 Å². The second-order valence-corrected chi connectivity index (χ2v) is 7.27. The summed E-state index contributed by atoms with van der Waals surface area (Å²) in [4.78, 5) is 11.3. The highest BCUT2D eigenvalue weighted by Crippen LogP contribution is 2.39. The molecule has 1 saturated heterocycles. The van der Waals surface area contributed by atoms with Crippen LogP contribution >= 0.6 is 0 Å². The quantitative estimate of drug-likeness (QED) is 0.392. The lowest BCUT2D eigenvalue weighted by molar-refractivity contribution is -0.270. The molecule has 0 bridgehead atoms. The van der Waals surface area contributed by atoms with Crippen LogP contribution in [0.1, 0.15) is 0 Å². The molecule has 148 valence electrons. The maximum atomic E-state index is 11.3. The minimum atomic E-state index is -1.76. The van der Waals surface area contributed by atoms with E-state index in [1.165, 1.54) is 0 Å². The standard InChI is InChI=1S/C22H18O7/c23-17-18(24)20(21(26)27)29-22(19(17)25)28-14-9-7-12-5-4-10-2-1-3-11-6-8-13(14)16(12)15(10)11/h1-9,17-20,22-25H,(H,26,27)/t17-,18+,19+,20-,22-/m1/s1. The Kier molecular flexibility index (Phi) is 4.07. The van der Waals surface area contributed by atoms with Crippen LogP contribution in [0.3, 0.4) is 0 Å². The average molecular weight is 394 g/mol. The van der Waals surface area contributed by atoms with Gasteiger partial charge in [0, 0.05) is 10.8 Å². The summed E-state index contributed by atoms with van der Waals surface area (Å²) in [5, 5.41) is 45.4. The zero-order valence-corrected chi connectivity index (χ0v) is 15.1. The number of carboxylic acid groups (broad SMARTS) is 1. The fraction of sp³-hybridized carbons (Fsp3) is 0.227. The third kappa shape index (κ3) is 2.71. The number of benzene rings is 4. The Balaban J connectivity index is 1.61. The van der Waals surface area contributed by atoms with Crippen LogP contribution in [0.25, 0.3) is 32.3 Å². The van der Waals surface area contributed by atoms with E-state index in [1.54, 1.807) is 6.07 Å².